The number of carbonyl (C=O) groups excluding carboxylic acids is 1. The van der Waals surface area contributed by atoms with Crippen molar-refractivity contribution in [1.82, 2.24) is 10.6 Å². The van der Waals surface area contributed by atoms with Crippen molar-refractivity contribution in [1.29, 1.82) is 0 Å². The molecule has 0 bridgehead atoms. The van der Waals surface area contributed by atoms with Gasteiger partial charge in [-0.1, -0.05) is 18.2 Å². The largest absolute Gasteiger partial charge is 0.490 e. The number of hydrogen-bond donors (Lipinski definition) is 2. The van der Waals surface area contributed by atoms with Crippen molar-refractivity contribution in [2.24, 2.45) is 0 Å². The fraction of sp³-hybridized carbons (Fsp3) is 0.611. The minimum absolute atomic E-state index is 0. The van der Waals surface area contributed by atoms with Crippen LogP contribution in [-0.2, 0) is 21.2 Å². The number of amides is 1. The molecule has 1 aliphatic carbocycles. The van der Waals surface area contributed by atoms with Crippen LogP contribution in [0, 0.1) is 0 Å². The first kappa shape index (κ1) is 21.0. The lowest BCUT2D eigenvalue weighted by Crippen LogP contribution is -2.57. The smallest absolute Gasteiger partial charge is 0.241 e. The van der Waals surface area contributed by atoms with Gasteiger partial charge < -0.3 is 15.4 Å². The van der Waals surface area contributed by atoms with Crippen LogP contribution in [0.15, 0.2) is 24.3 Å². The quantitative estimate of drug-likeness (QED) is 0.758. The third kappa shape index (κ3) is 4.32. The Balaban J connectivity index is 0.00000243. The van der Waals surface area contributed by atoms with E-state index < -0.39 is 20.5 Å². The fourth-order valence-electron chi connectivity index (χ4n) is 3.37. The summed E-state index contributed by atoms with van der Waals surface area (Å²) in [4.78, 5) is 12.8. The summed E-state index contributed by atoms with van der Waals surface area (Å²) in [5.41, 5.74) is 0.875. The number of carbonyl (C=O) groups is 1. The Morgan fingerprint density at radius 1 is 1.27 bits per heavy atom. The molecule has 1 saturated heterocycles. The summed E-state index contributed by atoms with van der Waals surface area (Å²) in [6.07, 6.45) is 5.33. The van der Waals surface area contributed by atoms with Crippen LogP contribution in [0.2, 0.25) is 0 Å². The Labute approximate surface area is 161 Å². The predicted octanol–water partition coefficient (Wildman–Crippen LogP) is 1.82. The molecule has 6 nitrogen and oxygen atoms in total. The van der Waals surface area contributed by atoms with Gasteiger partial charge in [-0.3, -0.25) is 4.79 Å². The average molecular weight is 403 g/mol. The predicted molar refractivity (Wildman–Crippen MR) is 103 cm³/mol. The fourth-order valence-corrected chi connectivity index (χ4v) is 4.72. The van der Waals surface area contributed by atoms with Gasteiger partial charge in [0.25, 0.3) is 0 Å². The number of para-hydroxylation sites is 1. The molecular weight excluding hydrogens is 376 g/mol. The monoisotopic (exact) mass is 402 g/mol. The van der Waals surface area contributed by atoms with Gasteiger partial charge in [-0.15, -0.1) is 12.4 Å². The summed E-state index contributed by atoms with van der Waals surface area (Å²) in [6, 6.07) is 7.61. The van der Waals surface area contributed by atoms with Crippen molar-refractivity contribution in [2.75, 3.05) is 19.3 Å². The first-order valence-corrected chi connectivity index (χ1v) is 10.7. The zero-order valence-corrected chi connectivity index (χ0v) is 16.6. The Morgan fingerprint density at radius 2 is 1.92 bits per heavy atom. The van der Waals surface area contributed by atoms with Crippen LogP contribution in [0.1, 0.15) is 37.7 Å². The van der Waals surface area contributed by atoms with Crippen LogP contribution in [0.5, 0.6) is 5.75 Å². The van der Waals surface area contributed by atoms with Gasteiger partial charge in [0.2, 0.25) is 5.91 Å². The summed E-state index contributed by atoms with van der Waals surface area (Å²) < 4.78 is 29.3. The number of halogens is 1. The molecule has 3 rings (SSSR count). The summed E-state index contributed by atoms with van der Waals surface area (Å²) in [5.74, 6) is 0.362. The van der Waals surface area contributed by atoms with Crippen molar-refractivity contribution in [2.45, 2.75) is 49.5 Å². The van der Waals surface area contributed by atoms with Crippen LogP contribution in [0.25, 0.3) is 0 Å². The maximum Gasteiger partial charge on any atom is 0.241 e. The highest BCUT2D eigenvalue weighted by molar-refractivity contribution is 7.92. The number of piperidine rings is 1. The second kappa shape index (κ2) is 8.59. The highest BCUT2D eigenvalue weighted by Gasteiger charge is 2.48. The molecule has 0 spiro atoms. The Hall–Kier alpha value is -1.31. The first-order valence-electron chi connectivity index (χ1n) is 8.85. The van der Waals surface area contributed by atoms with Crippen LogP contribution in [0.4, 0.5) is 0 Å². The number of sulfone groups is 1. The van der Waals surface area contributed by atoms with E-state index >= 15 is 0 Å². The summed E-state index contributed by atoms with van der Waals surface area (Å²) in [7, 11) is -3.50. The summed E-state index contributed by atoms with van der Waals surface area (Å²) in [5, 5.41) is 5.96. The molecule has 0 atom stereocenters. The van der Waals surface area contributed by atoms with Gasteiger partial charge in [-0.25, -0.2) is 8.42 Å². The van der Waals surface area contributed by atoms with E-state index in [1.165, 1.54) is 6.42 Å². The molecule has 1 aromatic carbocycles. The summed E-state index contributed by atoms with van der Waals surface area (Å²) >= 11 is 0. The molecule has 0 unspecified atom stereocenters. The molecule has 0 aromatic heterocycles. The molecule has 0 radical (unpaired) electrons. The Morgan fingerprint density at radius 3 is 2.50 bits per heavy atom. The van der Waals surface area contributed by atoms with Gasteiger partial charge in [-0.05, 0) is 51.3 Å². The lowest BCUT2D eigenvalue weighted by Gasteiger charge is -2.34. The molecule has 1 saturated carbocycles. The Kier molecular flexibility index (Phi) is 6.93. The van der Waals surface area contributed by atoms with Crippen molar-refractivity contribution >= 4 is 28.2 Å². The molecular formula is C18H27ClN2O4S. The van der Waals surface area contributed by atoms with E-state index in [0.29, 0.717) is 25.9 Å². The minimum atomic E-state index is -3.50. The van der Waals surface area contributed by atoms with Gasteiger partial charge >= 0.3 is 0 Å². The number of benzene rings is 1. The number of hydrogen-bond acceptors (Lipinski definition) is 5. The zero-order chi connectivity index (χ0) is 17.9. The van der Waals surface area contributed by atoms with Crippen molar-refractivity contribution in [3.8, 4) is 5.75 Å². The van der Waals surface area contributed by atoms with E-state index in [9.17, 15) is 13.2 Å². The summed E-state index contributed by atoms with van der Waals surface area (Å²) in [6.45, 7) is 1.33. The molecule has 2 N–H and O–H groups in total. The van der Waals surface area contributed by atoms with E-state index in [1.807, 2.05) is 24.3 Å². The van der Waals surface area contributed by atoms with Gasteiger partial charge in [0.1, 0.15) is 5.75 Å². The standard InChI is InChI=1S/C18H26N2O4S.ClH/c1-25(22,23)18(9-11-19-12-10-18)17(21)20-13-14-5-2-3-8-16(14)24-15-6-4-7-15;/h2-3,5,8,15,19H,4,6-7,9-13H2,1H3,(H,20,21);1H. The topological polar surface area (TPSA) is 84.5 Å². The second-order valence-corrected chi connectivity index (χ2v) is 9.30. The first-order chi connectivity index (χ1) is 11.9. The van der Waals surface area contributed by atoms with E-state index in [0.717, 1.165) is 30.4 Å². The molecule has 1 aliphatic heterocycles. The van der Waals surface area contributed by atoms with Crippen LogP contribution in [0.3, 0.4) is 0 Å². The third-order valence-corrected chi connectivity index (χ3v) is 7.31. The average Bonchev–Trinajstić information content (AvgIpc) is 2.56. The van der Waals surface area contributed by atoms with Gasteiger partial charge in [0, 0.05) is 18.4 Å². The van der Waals surface area contributed by atoms with Gasteiger partial charge in [0.05, 0.1) is 6.10 Å². The number of nitrogens with one attached hydrogen (secondary N) is 2. The molecule has 1 aromatic rings. The molecule has 1 amide bonds. The normalized spacial score (nSPS) is 19.7. The Bertz CT molecular complexity index is 728. The van der Waals surface area contributed by atoms with Crippen LogP contribution < -0.4 is 15.4 Å². The molecule has 26 heavy (non-hydrogen) atoms. The van der Waals surface area contributed by atoms with E-state index in [1.54, 1.807) is 0 Å². The van der Waals surface area contributed by atoms with E-state index in [4.69, 9.17) is 4.74 Å². The minimum Gasteiger partial charge on any atom is -0.490 e. The maximum absolute atomic E-state index is 12.8. The lowest BCUT2D eigenvalue weighted by atomic mass is 9.95. The van der Waals surface area contributed by atoms with Crippen molar-refractivity contribution in [3.63, 3.8) is 0 Å². The highest BCUT2D eigenvalue weighted by Crippen LogP contribution is 2.30. The highest BCUT2D eigenvalue weighted by atomic mass is 35.5. The number of rotatable bonds is 6. The van der Waals surface area contributed by atoms with E-state index in [-0.39, 0.29) is 25.1 Å². The lowest BCUT2D eigenvalue weighted by molar-refractivity contribution is -0.124. The molecule has 2 fully saturated rings. The number of ether oxygens (including phenoxy) is 1. The van der Waals surface area contributed by atoms with Crippen LogP contribution >= 0.6 is 12.4 Å². The van der Waals surface area contributed by atoms with Gasteiger partial charge in [-0.2, -0.15) is 0 Å². The second-order valence-electron chi connectivity index (χ2n) is 6.98. The molecule has 1 heterocycles. The molecule has 146 valence electrons. The van der Waals surface area contributed by atoms with Crippen LogP contribution in [-0.4, -0.2) is 44.5 Å². The SMILES string of the molecule is CS(=O)(=O)C1(C(=O)NCc2ccccc2OC2CCC2)CCNCC1.Cl. The maximum atomic E-state index is 12.8. The van der Waals surface area contributed by atoms with Gasteiger partial charge in [0.15, 0.2) is 14.6 Å². The molecule has 8 heteroatoms. The van der Waals surface area contributed by atoms with E-state index in [2.05, 4.69) is 10.6 Å². The zero-order valence-electron chi connectivity index (χ0n) is 15.0. The third-order valence-electron chi connectivity index (χ3n) is 5.29. The van der Waals surface area contributed by atoms with Crippen molar-refractivity contribution < 1.29 is 17.9 Å². The molecule has 2 aliphatic rings. The van der Waals surface area contributed by atoms with Crippen molar-refractivity contribution in [3.05, 3.63) is 29.8 Å².